The number of nitrogens with zero attached hydrogens (tertiary/aromatic N) is 7. The largest absolute Gasteiger partial charge is 0.395 e. The van der Waals surface area contributed by atoms with Crippen LogP contribution in [0.5, 0.6) is 0 Å². The number of hydrogen-bond donors (Lipinski definition) is 5. The number of rotatable bonds is 12. The number of benzene rings is 4. The van der Waals surface area contributed by atoms with E-state index in [0.717, 1.165) is 86.5 Å². The van der Waals surface area contributed by atoms with Crippen molar-refractivity contribution in [3.8, 4) is 22.5 Å². The number of anilines is 4. The first-order chi connectivity index (χ1) is 30.3. The molecule has 1 unspecified atom stereocenters. The number of aliphatic hydroxyl groups excluding tert-OH is 1. The Kier molecular flexibility index (Phi) is 11.4. The fourth-order valence-corrected chi connectivity index (χ4v) is 8.38. The Bertz CT molecular complexity index is 2840. The van der Waals surface area contributed by atoms with Gasteiger partial charge in [-0.1, -0.05) is 54.6 Å². The number of aryl methyl sites for hydroxylation is 2. The Labute approximate surface area is 358 Å². The quantitative estimate of drug-likeness (QED) is 0.0814. The van der Waals surface area contributed by atoms with E-state index in [-0.39, 0.29) is 31.1 Å². The van der Waals surface area contributed by atoms with Gasteiger partial charge in [0.05, 0.1) is 24.5 Å². The number of amides is 4. The van der Waals surface area contributed by atoms with Crippen molar-refractivity contribution in [1.82, 2.24) is 34.8 Å². The van der Waals surface area contributed by atoms with Gasteiger partial charge in [0.25, 0.3) is 0 Å². The van der Waals surface area contributed by atoms with Gasteiger partial charge in [-0.2, -0.15) is 0 Å². The maximum Gasteiger partial charge on any atom is 0.326 e. The van der Waals surface area contributed by atoms with E-state index in [0.29, 0.717) is 30.2 Å². The van der Waals surface area contributed by atoms with Gasteiger partial charge in [0, 0.05) is 76.7 Å². The van der Waals surface area contributed by atoms with Gasteiger partial charge < -0.3 is 30.6 Å². The second kappa shape index (κ2) is 17.7. The molecule has 312 valence electrons. The van der Waals surface area contributed by atoms with Crippen molar-refractivity contribution in [2.75, 3.05) is 59.8 Å². The summed E-state index contributed by atoms with van der Waals surface area (Å²) in [4.78, 5) is 57.5. The Morgan fingerprint density at radius 3 is 1.81 bits per heavy atom. The molecule has 0 aliphatic carbocycles. The van der Waals surface area contributed by atoms with Crippen LogP contribution in [-0.4, -0.2) is 91.3 Å². The van der Waals surface area contributed by atoms with Crippen LogP contribution in [0.1, 0.15) is 29.0 Å². The summed E-state index contributed by atoms with van der Waals surface area (Å²) in [6, 6.07) is 32.5. The molecule has 5 N–H and O–H groups in total. The highest BCUT2D eigenvalue weighted by Crippen LogP contribution is 2.32. The summed E-state index contributed by atoms with van der Waals surface area (Å²) in [5, 5.41) is 18.1. The van der Waals surface area contributed by atoms with Gasteiger partial charge in [0.1, 0.15) is 23.9 Å². The summed E-state index contributed by atoms with van der Waals surface area (Å²) in [5.74, 6) is 0.238. The van der Waals surface area contributed by atoms with Crippen molar-refractivity contribution in [2.45, 2.75) is 26.2 Å². The molecule has 0 radical (unpaired) electrons. The number of para-hydroxylation sites is 1. The highest BCUT2D eigenvalue weighted by Gasteiger charge is 2.27. The van der Waals surface area contributed by atoms with Crippen LogP contribution in [0, 0.1) is 13.8 Å². The highest BCUT2D eigenvalue weighted by atomic mass is 16.3. The van der Waals surface area contributed by atoms with Gasteiger partial charge in [-0.05, 0) is 98.0 Å². The molecule has 0 spiro atoms. The topological polar surface area (TPSA) is 171 Å². The van der Waals surface area contributed by atoms with Gasteiger partial charge in [-0.25, -0.2) is 29.5 Å². The molecular formula is C48H47N11O3. The lowest BCUT2D eigenvalue weighted by atomic mass is 9.98. The van der Waals surface area contributed by atoms with Crippen molar-refractivity contribution in [2.24, 2.45) is 0 Å². The number of H-pyrrole nitrogens is 2. The lowest BCUT2D eigenvalue weighted by Crippen LogP contribution is -2.40. The van der Waals surface area contributed by atoms with Crippen molar-refractivity contribution in [1.29, 1.82) is 0 Å². The van der Waals surface area contributed by atoms with Crippen LogP contribution < -0.4 is 20.4 Å². The van der Waals surface area contributed by atoms with Crippen LogP contribution in [0.4, 0.5) is 32.3 Å². The monoisotopic (exact) mass is 825 g/mol. The molecular weight excluding hydrogens is 779 g/mol. The lowest BCUT2D eigenvalue weighted by Gasteiger charge is -2.26. The number of nitrogens with one attached hydrogen (secondary N) is 4. The van der Waals surface area contributed by atoms with E-state index in [9.17, 15) is 14.7 Å². The minimum Gasteiger partial charge on any atom is -0.395 e. The van der Waals surface area contributed by atoms with Gasteiger partial charge in [0.15, 0.2) is 0 Å². The molecule has 14 nitrogen and oxygen atoms in total. The van der Waals surface area contributed by atoms with Crippen molar-refractivity contribution >= 4 is 56.9 Å². The maximum absolute atomic E-state index is 13.9. The molecule has 4 aromatic carbocycles. The number of aromatic nitrogens is 6. The Morgan fingerprint density at radius 2 is 1.24 bits per heavy atom. The molecule has 1 fully saturated rings. The molecule has 5 heterocycles. The minimum atomic E-state index is -0.336. The van der Waals surface area contributed by atoms with Crippen LogP contribution in [0.2, 0.25) is 0 Å². The molecule has 0 saturated carbocycles. The van der Waals surface area contributed by atoms with Gasteiger partial charge in [0.2, 0.25) is 0 Å². The molecule has 62 heavy (non-hydrogen) atoms. The zero-order chi connectivity index (χ0) is 42.6. The van der Waals surface area contributed by atoms with Gasteiger partial charge in [-0.15, -0.1) is 0 Å². The number of urea groups is 2. The molecule has 1 saturated heterocycles. The number of aromatic amines is 2. The SMILES string of the molecule is Cc1c[nH]c2ncnc(-c3ccc(NC(=O)N(CCO)c4cccc(C5CCN(CCN(C(=O)Nc6ccc(-c7ncnc8[nH]cc(C)c78)cc6)c6ccccc6)C5)c4)cc3)c12. The van der Waals surface area contributed by atoms with Crippen molar-refractivity contribution < 1.29 is 14.7 Å². The summed E-state index contributed by atoms with van der Waals surface area (Å²) in [6.45, 7) is 6.85. The van der Waals surface area contributed by atoms with E-state index in [4.69, 9.17) is 0 Å². The fourth-order valence-electron chi connectivity index (χ4n) is 8.38. The molecule has 4 amide bonds. The van der Waals surface area contributed by atoms with E-state index < -0.39 is 0 Å². The summed E-state index contributed by atoms with van der Waals surface area (Å²) in [6.07, 6.45) is 7.88. The molecule has 4 aromatic heterocycles. The van der Waals surface area contributed by atoms with Crippen LogP contribution >= 0.6 is 0 Å². The average Bonchev–Trinajstić information content (AvgIpc) is 4.05. The number of aliphatic hydroxyl groups is 1. The number of hydrogen-bond acceptors (Lipinski definition) is 8. The van der Waals surface area contributed by atoms with Gasteiger partial charge >= 0.3 is 12.1 Å². The van der Waals surface area contributed by atoms with Gasteiger partial charge in [-0.3, -0.25) is 9.80 Å². The summed E-state index contributed by atoms with van der Waals surface area (Å²) < 4.78 is 0. The predicted molar refractivity (Wildman–Crippen MR) is 245 cm³/mol. The number of carbonyl (C=O) groups excluding carboxylic acids is 2. The Balaban J connectivity index is 0.835. The third-order valence-corrected chi connectivity index (χ3v) is 11.6. The van der Waals surface area contributed by atoms with Crippen LogP contribution in [0.25, 0.3) is 44.6 Å². The molecule has 0 bridgehead atoms. The van der Waals surface area contributed by atoms with E-state index in [2.05, 4.69) is 51.5 Å². The van der Waals surface area contributed by atoms with Crippen molar-refractivity contribution in [3.63, 3.8) is 0 Å². The second-order valence-electron chi connectivity index (χ2n) is 15.6. The predicted octanol–water partition coefficient (Wildman–Crippen LogP) is 8.74. The van der Waals surface area contributed by atoms with Crippen molar-refractivity contribution in [3.05, 3.63) is 145 Å². The highest BCUT2D eigenvalue weighted by molar-refractivity contribution is 6.03. The zero-order valence-electron chi connectivity index (χ0n) is 34.5. The maximum atomic E-state index is 13.9. The number of fused-ring (bicyclic) bond motifs is 2. The molecule has 9 rings (SSSR count). The van der Waals surface area contributed by atoms with Crippen LogP contribution in [-0.2, 0) is 0 Å². The average molecular weight is 826 g/mol. The third-order valence-electron chi connectivity index (χ3n) is 11.6. The first-order valence-electron chi connectivity index (χ1n) is 20.8. The van der Waals surface area contributed by atoms with E-state index in [1.807, 2.05) is 123 Å². The second-order valence-corrected chi connectivity index (χ2v) is 15.6. The summed E-state index contributed by atoms with van der Waals surface area (Å²) >= 11 is 0. The summed E-state index contributed by atoms with van der Waals surface area (Å²) in [5.41, 5.74) is 11.2. The molecule has 1 aliphatic heterocycles. The molecule has 1 aliphatic rings. The number of carbonyl (C=O) groups is 2. The smallest absolute Gasteiger partial charge is 0.326 e. The van der Waals surface area contributed by atoms with E-state index in [1.54, 1.807) is 22.5 Å². The summed E-state index contributed by atoms with van der Waals surface area (Å²) in [7, 11) is 0. The molecule has 8 aromatic rings. The lowest BCUT2D eigenvalue weighted by molar-refractivity contribution is 0.252. The first-order valence-corrected chi connectivity index (χ1v) is 20.8. The van der Waals surface area contributed by atoms with E-state index in [1.165, 1.54) is 0 Å². The molecule has 14 heteroatoms. The van der Waals surface area contributed by atoms with E-state index >= 15 is 0 Å². The zero-order valence-corrected chi connectivity index (χ0v) is 34.5. The van der Waals surface area contributed by atoms with Crippen LogP contribution in [0.15, 0.2) is 128 Å². The fraction of sp³-hybridized carbons (Fsp3) is 0.208. The van der Waals surface area contributed by atoms with Crippen LogP contribution in [0.3, 0.4) is 0 Å². The number of likely N-dealkylation sites (tertiary alicyclic amines) is 1. The minimum absolute atomic E-state index is 0.135. The Hall–Kier alpha value is -7.42. The molecule has 1 atom stereocenters. The Morgan fingerprint density at radius 1 is 0.694 bits per heavy atom. The first kappa shape index (κ1) is 40.0. The standard InChI is InChI=1S/C48H47N11O3/c1-31-26-49-45-41(31)43(51-29-53-45)33-11-15-37(16-12-33)55-47(61)58(39-8-4-3-5-9-39)22-21-57-20-19-36(28-57)35-7-6-10-40(25-35)59(23-24-60)48(62)56-38-17-13-34(14-18-38)44-42-32(2)27-50-46(42)54-30-52-44/h3-18,25-27,29-30,36,60H,19-24,28H2,1-2H3,(H,55,61)(H,56,62)(H,49,51,53)(H,50,52,54). The third kappa shape index (κ3) is 8.33. The normalized spacial score (nSPS) is 14.0.